The number of aromatic amines is 1. The highest BCUT2D eigenvalue weighted by atomic mass is 16.5. The maximum Gasteiger partial charge on any atom is 0.355 e. The minimum absolute atomic E-state index is 0.175. The Morgan fingerprint density at radius 3 is 2.62 bits per heavy atom. The topological polar surface area (TPSA) is 85.5 Å². The first-order valence-corrected chi connectivity index (χ1v) is 6.92. The van der Waals surface area contributed by atoms with E-state index >= 15 is 0 Å². The van der Waals surface area contributed by atoms with Gasteiger partial charge in [-0.2, -0.15) is 0 Å². The number of ether oxygens (including phenoxy) is 2. The second-order valence-corrected chi connectivity index (χ2v) is 5.25. The van der Waals surface area contributed by atoms with Crippen LogP contribution in [-0.2, 0) is 20.7 Å². The van der Waals surface area contributed by atoms with E-state index in [4.69, 9.17) is 9.47 Å². The van der Waals surface area contributed by atoms with Crippen LogP contribution in [-0.4, -0.2) is 36.4 Å². The Bertz CT molecular complexity index is 601. The summed E-state index contributed by atoms with van der Waals surface area (Å²) in [7, 11) is 1.27. The molecule has 21 heavy (non-hydrogen) atoms. The summed E-state index contributed by atoms with van der Waals surface area (Å²) in [6.07, 6.45) is 0.515. The van der Waals surface area contributed by atoms with Crippen molar-refractivity contribution in [2.45, 2.75) is 27.2 Å². The Hall–Kier alpha value is -2.11. The summed E-state index contributed by atoms with van der Waals surface area (Å²) in [6, 6.07) is 0. The lowest BCUT2D eigenvalue weighted by Gasteiger charge is -2.25. The number of carbonyl (C=O) groups excluding carboxylic acids is 3. The van der Waals surface area contributed by atoms with Crippen LogP contribution in [0.25, 0.3) is 0 Å². The van der Waals surface area contributed by atoms with Crippen LogP contribution in [0.5, 0.6) is 0 Å². The molecule has 0 unspecified atom stereocenters. The van der Waals surface area contributed by atoms with Gasteiger partial charge in [0.1, 0.15) is 11.6 Å². The molecule has 0 saturated carbocycles. The molecular weight excluding hydrogens is 274 g/mol. The molecule has 1 aromatic rings. The molecule has 0 radical (unpaired) electrons. The molecule has 0 aromatic carbocycles. The van der Waals surface area contributed by atoms with E-state index < -0.39 is 17.9 Å². The third kappa shape index (κ3) is 2.46. The number of Topliss-reactive ketones (excluding diaryl/α,β-unsaturated/α-hetero) is 1. The van der Waals surface area contributed by atoms with Crippen LogP contribution < -0.4 is 0 Å². The van der Waals surface area contributed by atoms with Crippen molar-refractivity contribution in [1.82, 2.24) is 4.98 Å². The first-order valence-electron chi connectivity index (χ1n) is 6.92. The summed E-state index contributed by atoms with van der Waals surface area (Å²) < 4.78 is 9.69. The van der Waals surface area contributed by atoms with Crippen molar-refractivity contribution in [1.29, 1.82) is 0 Å². The lowest BCUT2D eigenvalue weighted by molar-refractivity contribution is -0.145. The van der Waals surface area contributed by atoms with E-state index in [1.54, 1.807) is 13.8 Å². The number of nitrogens with one attached hydrogen (secondary N) is 1. The zero-order valence-corrected chi connectivity index (χ0v) is 12.6. The Labute approximate surface area is 122 Å². The Morgan fingerprint density at radius 1 is 1.38 bits per heavy atom. The van der Waals surface area contributed by atoms with E-state index in [2.05, 4.69) is 4.98 Å². The fourth-order valence-corrected chi connectivity index (χ4v) is 2.87. The number of rotatable bonds is 3. The van der Waals surface area contributed by atoms with E-state index in [1.807, 2.05) is 6.92 Å². The Balaban J connectivity index is 2.45. The number of carbonyl (C=O) groups is 3. The zero-order valence-electron chi connectivity index (χ0n) is 12.6. The predicted octanol–water partition coefficient (Wildman–Crippen LogP) is 1.66. The molecule has 0 bridgehead atoms. The molecule has 1 N–H and O–H groups in total. The number of ketones is 1. The van der Waals surface area contributed by atoms with Gasteiger partial charge in [-0.3, -0.25) is 9.59 Å². The van der Waals surface area contributed by atoms with E-state index in [-0.39, 0.29) is 24.0 Å². The molecule has 6 heteroatoms. The van der Waals surface area contributed by atoms with Gasteiger partial charge >= 0.3 is 11.9 Å². The SMILES string of the molecule is CCOC(=O)c1[nH]c2c(c1C)C(=O)[C@H](C(=O)OC)[C@H](C)C2. The van der Waals surface area contributed by atoms with Crippen LogP contribution in [0.15, 0.2) is 0 Å². The van der Waals surface area contributed by atoms with Crippen LogP contribution in [0.4, 0.5) is 0 Å². The van der Waals surface area contributed by atoms with Gasteiger partial charge in [0.15, 0.2) is 5.78 Å². The molecule has 0 spiro atoms. The molecular formula is C15H19NO5. The molecule has 0 aliphatic heterocycles. The fraction of sp³-hybridized carbons (Fsp3) is 0.533. The maximum atomic E-state index is 12.6. The summed E-state index contributed by atoms with van der Waals surface area (Å²) in [6.45, 7) is 5.49. The van der Waals surface area contributed by atoms with Crippen molar-refractivity contribution in [3.05, 3.63) is 22.5 Å². The predicted molar refractivity (Wildman–Crippen MR) is 74.2 cm³/mol. The highest BCUT2D eigenvalue weighted by Crippen LogP contribution is 2.34. The van der Waals surface area contributed by atoms with Gasteiger partial charge in [0.25, 0.3) is 0 Å². The summed E-state index contributed by atoms with van der Waals surface area (Å²) >= 11 is 0. The third-order valence-corrected chi connectivity index (χ3v) is 3.89. The monoisotopic (exact) mass is 293 g/mol. The molecule has 2 rings (SSSR count). The molecule has 1 heterocycles. The van der Waals surface area contributed by atoms with Gasteiger partial charge in [0, 0.05) is 11.3 Å². The summed E-state index contributed by atoms with van der Waals surface area (Å²) in [5.74, 6) is -2.30. The Morgan fingerprint density at radius 2 is 2.05 bits per heavy atom. The van der Waals surface area contributed by atoms with E-state index in [0.29, 0.717) is 23.2 Å². The van der Waals surface area contributed by atoms with Crippen molar-refractivity contribution in [3.63, 3.8) is 0 Å². The van der Waals surface area contributed by atoms with Crippen LogP contribution in [0.2, 0.25) is 0 Å². The number of aromatic nitrogens is 1. The van der Waals surface area contributed by atoms with Crippen molar-refractivity contribution < 1.29 is 23.9 Å². The van der Waals surface area contributed by atoms with Crippen molar-refractivity contribution >= 4 is 17.7 Å². The van der Waals surface area contributed by atoms with Crippen LogP contribution in [0, 0.1) is 18.8 Å². The number of hydrogen-bond donors (Lipinski definition) is 1. The van der Waals surface area contributed by atoms with Gasteiger partial charge in [-0.25, -0.2) is 4.79 Å². The highest BCUT2D eigenvalue weighted by molar-refractivity contribution is 6.12. The number of esters is 2. The summed E-state index contributed by atoms with van der Waals surface area (Å²) in [5.41, 5.74) is 1.93. The number of fused-ring (bicyclic) bond motifs is 1. The van der Waals surface area contributed by atoms with Crippen molar-refractivity contribution in [3.8, 4) is 0 Å². The van der Waals surface area contributed by atoms with Crippen molar-refractivity contribution in [2.24, 2.45) is 11.8 Å². The lowest BCUT2D eigenvalue weighted by Crippen LogP contribution is -2.36. The molecule has 2 atom stereocenters. The van der Waals surface area contributed by atoms with Crippen molar-refractivity contribution in [2.75, 3.05) is 13.7 Å². The maximum absolute atomic E-state index is 12.6. The molecule has 1 aliphatic carbocycles. The average molecular weight is 293 g/mol. The van der Waals surface area contributed by atoms with Crippen LogP contribution in [0.3, 0.4) is 0 Å². The van der Waals surface area contributed by atoms with Gasteiger partial charge in [-0.15, -0.1) is 0 Å². The number of hydrogen-bond acceptors (Lipinski definition) is 5. The molecule has 1 aromatic heterocycles. The molecule has 0 fully saturated rings. The van der Waals surface area contributed by atoms with Gasteiger partial charge in [-0.05, 0) is 31.7 Å². The van der Waals surface area contributed by atoms with Crippen LogP contribution >= 0.6 is 0 Å². The molecule has 1 aliphatic rings. The first-order chi connectivity index (χ1) is 9.92. The van der Waals surface area contributed by atoms with Crippen LogP contribution in [0.1, 0.15) is 46.0 Å². The normalized spacial score (nSPS) is 20.9. The lowest BCUT2D eigenvalue weighted by atomic mass is 9.77. The largest absolute Gasteiger partial charge is 0.468 e. The average Bonchev–Trinajstić information content (AvgIpc) is 2.75. The first kappa shape index (κ1) is 15.3. The standard InChI is InChI=1S/C15H19NO5/c1-5-21-15(19)12-8(3)11-9(16-12)6-7(2)10(13(11)17)14(18)20-4/h7,10,16H,5-6H2,1-4H3/t7-,10-/m1/s1. The molecule has 114 valence electrons. The molecule has 6 nitrogen and oxygen atoms in total. The second kappa shape index (κ2) is 5.71. The van der Waals surface area contributed by atoms with E-state index in [9.17, 15) is 14.4 Å². The molecule has 0 saturated heterocycles. The zero-order chi connectivity index (χ0) is 15.7. The summed E-state index contributed by atoms with van der Waals surface area (Å²) in [5, 5.41) is 0. The van der Waals surface area contributed by atoms with Gasteiger partial charge in [0.2, 0.25) is 0 Å². The Kier molecular flexibility index (Phi) is 4.16. The highest BCUT2D eigenvalue weighted by Gasteiger charge is 2.41. The summed E-state index contributed by atoms with van der Waals surface area (Å²) in [4.78, 5) is 39.2. The van der Waals surface area contributed by atoms with E-state index in [1.165, 1.54) is 7.11 Å². The van der Waals surface area contributed by atoms with Gasteiger partial charge < -0.3 is 14.5 Å². The fourth-order valence-electron chi connectivity index (χ4n) is 2.87. The minimum atomic E-state index is -0.813. The second-order valence-electron chi connectivity index (χ2n) is 5.25. The quantitative estimate of drug-likeness (QED) is 0.676. The van der Waals surface area contributed by atoms with E-state index in [0.717, 1.165) is 0 Å². The third-order valence-electron chi connectivity index (χ3n) is 3.89. The molecule has 0 amide bonds. The smallest absolute Gasteiger partial charge is 0.355 e. The van der Waals surface area contributed by atoms with Gasteiger partial charge in [0.05, 0.1) is 13.7 Å². The number of methoxy groups -OCH3 is 1. The van der Waals surface area contributed by atoms with Gasteiger partial charge in [-0.1, -0.05) is 6.92 Å². The number of H-pyrrole nitrogens is 1. The minimum Gasteiger partial charge on any atom is -0.468 e.